The van der Waals surface area contributed by atoms with Crippen molar-refractivity contribution in [1.29, 1.82) is 0 Å². The van der Waals surface area contributed by atoms with Crippen molar-refractivity contribution in [2.75, 3.05) is 12.5 Å². The first-order valence-corrected chi connectivity index (χ1v) is 3.92. The Morgan fingerprint density at radius 1 is 1.43 bits per heavy atom. The molecule has 0 aliphatic heterocycles. The van der Waals surface area contributed by atoms with Gasteiger partial charge in [-0.2, -0.15) is 13.2 Å². The van der Waals surface area contributed by atoms with Crippen LogP contribution in [0.5, 0.6) is 0 Å². The molecule has 0 saturated heterocycles. The van der Waals surface area contributed by atoms with Gasteiger partial charge in [0.25, 0.3) is 0 Å². The van der Waals surface area contributed by atoms with Crippen molar-refractivity contribution < 1.29 is 27.5 Å². The molecular weight excluding hydrogens is 227 g/mol. The largest absolute Gasteiger partial charge is 0.464 e. The average Bonchev–Trinajstić information content (AvgIpc) is 1.97. The van der Waals surface area contributed by atoms with Crippen molar-refractivity contribution in [2.24, 2.45) is 11.7 Å². The predicted octanol–water partition coefficient (Wildman–Crippen LogP) is 0.432. The monoisotopic (exact) mass is 233 g/mol. The zero-order valence-corrected chi connectivity index (χ0v) is 7.56. The molecule has 0 aromatic heterocycles. The minimum absolute atomic E-state index is 0.158. The Labute approximate surface area is 82.1 Å². The first-order chi connectivity index (χ1) is 6.30. The molecule has 0 fully saturated rings. The molecule has 0 saturated carbocycles. The molecule has 0 rings (SSSR count). The molecule has 0 aliphatic rings. The molecule has 0 heterocycles. The molecule has 0 spiro atoms. The highest BCUT2D eigenvalue weighted by Gasteiger charge is 2.50. The maximum absolute atomic E-state index is 12.0. The summed E-state index contributed by atoms with van der Waals surface area (Å²) in [4.78, 5) is 21.0. The number of esters is 1. The van der Waals surface area contributed by atoms with E-state index in [0.29, 0.717) is 0 Å². The van der Waals surface area contributed by atoms with Crippen molar-refractivity contribution >= 4 is 23.5 Å². The van der Waals surface area contributed by atoms with E-state index < -0.39 is 30.6 Å². The van der Waals surface area contributed by atoms with Gasteiger partial charge in [-0.05, 0) is 0 Å². The fraction of sp³-hybridized carbons (Fsp3) is 0.667. The Hall–Kier alpha value is -0.980. The molecule has 0 aliphatic carbocycles. The van der Waals surface area contributed by atoms with Crippen molar-refractivity contribution in [3.63, 3.8) is 0 Å². The summed E-state index contributed by atoms with van der Waals surface area (Å²) >= 11 is 5.07. The fourth-order valence-electron chi connectivity index (χ4n) is 0.634. The summed E-state index contributed by atoms with van der Waals surface area (Å²) in [7, 11) is 0. The van der Waals surface area contributed by atoms with Gasteiger partial charge in [-0.1, -0.05) is 0 Å². The second kappa shape index (κ2) is 5.04. The van der Waals surface area contributed by atoms with E-state index in [2.05, 4.69) is 10.5 Å². The van der Waals surface area contributed by atoms with Crippen molar-refractivity contribution in [1.82, 2.24) is 0 Å². The summed E-state index contributed by atoms with van der Waals surface area (Å²) < 4.78 is 40.1. The molecular formula is C6H7ClF3NO3. The number of carbonyl (C=O) groups is 2. The van der Waals surface area contributed by atoms with E-state index in [1.807, 2.05) is 0 Å². The van der Waals surface area contributed by atoms with E-state index >= 15 is 0 Å². The van der Waals surface area contributed by atoms with Crippen LogP contribution in [0.1, 0.15) is 0 Å². The lowest BCUT2D eigenvalue weighted by atomic mass is 10.1. The van der Waals surface area contributed by atoms with E-state index in [-0.39, 0.29) is 5.88 Å². The normalized spacial score (nSPS) is 13.4. The zero-order valence-electron chi connectivity index (χ0n) is 6.81. The van der Waals surface area contributed by atoms with Crippen LogP contribution < -0.4 is 5.73 Å². The molecule has 14 heavy (non-hydrogen) atoms. The van der Waals surface area contributed by atoms with Crippen LogP contribution in [0.25, 0.3) is 0 Å². The van der Waals surface area contributed by atoms with E-state index in [9.17, 15) is 22.8 Å². The number of ether oxygens (including phenoxy) is 1. The highest BCUT2D eigenvalue weighted by molar-refractivity contribution is 6.18. The summed E-state index contributed by atoms with van der Waals surface area (Å²) in [5, 5.41) is 0. The molecule has 2 N–H and O–H groups in total. The van der Waals surface area contributed by atoms with Crippen molar-refractivity contribution in [2.45, 2.75) is 6.18 Å². The quantitative estimate of drug-likeness (QED) is 0.435. The summed E-state index contributed by atoms with van der Waals surface area (Å²) in [5.41, 5.74) is 4.40. The lowest BCUT2D eigenvalue weighted by Crippen LogP contribution is -2.42. The Bertz CT molecular complexity index is 231. The molecule has 1 atom stereocenters. The number of primary amides is 1. The van der Waals surface area contributed by atoms with Crippen LogP contribution in [-0.2, 0) is 14.3 Å². The summed E-state index contributed by atoms with van der Waals surface area (Å²) in [5.74, 6) is -6.61. The molecule has 1 unspecified atom stereocenters. The predicted molar refractivity (Wildman–Crippen MR) is 40.4 cm³/mol. The number of rotatable bonds is 4. The van der Waals surface area contributed by atoms with Gasteiger partial charge < -0.3 is 10.5 Å². The Morgan fingerprint density at radius 3 is 2.21 bits per heavy atom. The van der Waals surface area contributed by atoms with Gasteiger partial charge in [0.2, 0.25) is 11.8 Å². The zero-order chi connectivity index (χ0) is 11.4. The van der Waals surface area contributed by atoms with Crippen molar-refractivity contribution in [3.05, 3.63) is 0 Å². The van der Waals surface area contributed by atoms with Gasteiger partial charge in [0.15, 0.2) is 0 Å². The fourth-order valence-corrected chi connectivity index (χ4v) is 0.711. The summed E-state index contributed by atoms with van der Waals surface area (Å²) in [6.45, 7) is -0.403. The third kappa shape index (κ3) is 3.82. The van der Waals surface area contributed by atoms with Gasteiger partial charge in [0.1, 0.15) is 6.61 Å². The van der Waals surface area contributed by atoms with Gasteiger partial charge in [0, 0.05) is 0 Å². The number of alkyl halides is 4. The number of halogens is 4. The van der Waals surface area contributed by atoms with E-state index in [1.54, 1.807) is 0 Å². The summed E-state index contributed by atoms with van der Waals surface area (Å²) in [6, 6.07) is 0. The second-order valence-corrected chi connectivity index (χ2v) is 2.61. The van der Waals surface area contributed by atoms with Crippen LogP contribution in [0, 0.1) is 5.92 Å². The number of hydrogen-bond donors (Lipinski definition) is 1. The standard InChI is InChI=1S/C6H7ClF3NO3/c7-1-2-14-5(13)3(4(11)12)6(8,9)10/h3H,1-2H2,(H2,11,12). The van der Waals surface area contributed by atoms with Gasteiger partial charge in [-0.3, -0.25) is 9.59 Å². The SMILES string of the molecule is NC(=O)C(C(=O)OCCCl)C(F)(F)F. The number of hydrogen-bond acceptors (Lipinski definition) is 3. The van der Waals surface area contributed by atoms with Gasteiger partial charge in [0.05, 0.1) is 5.88 Å². The molecule has 0 radical (unpaired) electrons. The molecule has 0 aromatic rings. The van der Waals surface area contributed by atoms with Crippen LogP contribution >= 0.6 is 11.6 Å². The molecule has 1 amide bonds. The smallest absolute Gasteiger partial charge is 0.411 e. The van der Waals surface area contributed by atoms with E-state index in [0.717, 1.165) is 0 Å². The third-order valence-corrected chi connectivity index (χ3v) is 1.32. The minimum atomic E-state index is -5.03. The Balaban J connectivity index is 4.51. The molecule has 0 bridgehead atoms. The van der Waals surface area contributed by atoms with Crippen LogP contribution in [0.4, 0.5) is 13.2 Å². The lowest BCUT2D eigenvalue weighted by molar-refractivity contribution is -0.197. The molecule has 8 heteroatoms. The van der Waals surface area contributed by atoms with Crippen molar-refractivity contribution in [3.8, 4) is 0 Å². The highest BCUT2D eigenvalue weighted by atomic mass is 35.5. The van der Waals surface area contributed by atoms with Gasteiger partial charge in [-0.25, -0.2) is 0 Å². The average molecular weight is 234 g/mol. The first kappa shape index (κ1) is 13.0. The minimum Gasteiger partial charge on any atom is -0.464 e. The maximum atomic E-state index is 12.0. The molecule has 4 nitrogen and oxygen atoms in total. The van der Waals surface area contributed by atoms with Crippen LogP contribution in [0.15, 0.2) is 0 Å². The maximum Gasteiger partial charge on any atom is 0.411 e. The number of carbonyl (C=O) groups excluding carboxylic acids is 2. The van der Waals surface area contributed by atoms with E-state index in [4.69, 9.17) is 11.6 Å². The molecule has 0 aromatic carbocycles. The number of nitrogens with two attached hydrogens (primary N) is 1. The second-order valence-electron chi connectivity index (χ2n) is 2.23. The third-order valence-electron chi connectivity index (χ3n) is 1.17. The number of amides is 1. The highest BCUT2D eigenvalue weighted by Crippen LogP contribution is 2.26. The van der Waals surface area contributed by atoms with Gasteiger partial charge in [-0.15, -0.1) is 11.6 Å². The first-order valence-electron chi connectivity index (χ1n) is 3.39. The molecule has 82 valence electrons. The Kier molecular flexibility index (Phi) is 4.69. The Morgan fingerprint density at radius 2 is 1.93 bits per heavy atom. The topological polar surface area (TPSA) is 69.4 Å². The van der Waals surface area contributed by atoms with Crippen LogP contribution in [-0.4, -0.2) is 30.5 Å². The van der Waals surface area contributed by atoms with Crippen LogP contribution in [0.2, 0.25) is 0 Å². The summed E-state index contributed by atoms with van der Waals surface area (Å²) in [6.07, 6.45) is -5.03. The lowest BCUT2D eigenvalue weighted by Gasteiger charge is -2.15. The van der Waals surface area contributed by atoms with Crippen LogP contribution in [0.3, 0.4) is 0 Å². The van der Waals surface area contributed by atoms with Gasteiger partial charge >= 0.3 is 12.1 Å². The van der Waals surface area contributed by atoms with E-state index in [1.165, 1.54) is 0 Å².